The van der Waals surface area contributed by atoms with E-state index in [1.165, 1.54) is 0 Å². The van der Waals surface area contributed by atoms with Crippen molar-refractivity contribution >= 4 is 23.3 Å². The lowest BCUT2D eigenvalue weighted by Crippen LogP contribution is -2.24. The molecule has 1 aliphatic heterocycles. The normalized spacial score (nSPS) is 13.9. The molecule has 3 aromatic rings. The number of nitrogens with two attached hydrogens (primary N) is 1. The number of amidine groups is 1. The highest BCUT2D eigenvalue weighted by Gasteiger charge is 2.29. The zero-order chi connectivity index (χ0) is 25.5. The van der Waals surface area contributed by atoms with Gasteiger partial charge in [0.05, 0.1) is 40.2 Å². The highest BCUT2D eigenvalue weighted by atomic mass is 35.5. The van der Waals surface area contributed by atoms with Crippen LogP contribution < -0.4 is 15.8 Å². The van der Waals surface area contributed by atoms with Crippen LogP contribution in [0.4, 0.5) is 5.82 Å². The number of halogens is 1. The van der Waals surface area contributed by atoms with E-state index < -0.39 is 5.60 Å². The number of nitrogens with zero attached hydrogens (tertiary/aromatic N) is 5. The topological polar surface area (TPSA) is 134 Å². The van der Waals surface area contributed by atoms with Crippen molar-refractivity contribution in [2.45, 2.75) is 46.3 Å². The third-order valence-corrected chi connectivity index (χ3v) is 6.29. The average Bonchev–Trinajstić information content (AvgIpc) is 3.16. The molecule has 3 heterocycles. The van der Waals surface area contributed by atoms with Gasteiger partial charge < -0.3 is 20.9 Å². The SMILES string of the molecule is CCOc1c(C(C)n2nc(C)c3c2NCN=C3N)cc(Cl)c(C#N)c1-c1ccc(C(C)(C)O)nc1. The minimum Gasteiger partial charge on any atom is -0.493 e. The lowest BCUT2D eigenvalue weighted by atomic mass is 9.93. The van der Waals surface area contributed by atoms with Gasteiger partial charge in [0, 0.05) is 22.9 Å². The van der Waals surface area contributed by atoms with Crippen molar-refractivity contribution in [1.82, 2.24) is 14.8 Å². The predicted molar refractivity (Wildman–Crippen MR) is 136 cm³/mol. The highest BCUT2D eigenvalue weighted by molar-refractivity contribution is 6.32. The third kappa shape index (κ3) is 4.31. The second-order valence-electron chi connectivity index (χ2n) is 8.87. The number of nitriles is 1. The van der Waals surface area contributed by atoms with E-state index in [0.717, 1.165) is 22.6 Å². The molecule has 2 aromatic heterocycles. The molecule has 1 unspecified atom stereocenters. The largest absolute Gasteiger partial charge is 0.493 e. The van der Waals surface area contributed by atoms with Gasteiger partial charge in [-0.3, -0.25) is 4.98 Å². The fourth-order valence-corrected chi connectivity index (χ4v) is 4.52. The van der Waals surface area contributed by atoms with Gasteiger partial charge >= 0.3 is 0 Å². The number of aliphatic hydroxyl groups is 1. The highest BCUT2D eigenvalue weighted by Crippen LogP contribution is 2.44. The van der Waals surface area contributed by atoms with Crippen molar-refractivity contribution in [2.75, 3.05) is 18.6 Å². The van der Waals surface area contributed by atoms with E-state index in [9.17, 15) is 10.4 Å². The van der Waals surface area contributed by atoms with Gasteiger partial charge in [-0.05, 0) is 46.8 Å². The zero-order valence-corrected chi connectivity index (χ0v) is 21.1. The van der Waals surface area contributed by atoms with Crippen molar-refractivity contribution in [3.63, 3.8) is 0 Å². The number of pyridine rings is 1. The fraction of sp³-hybridized carbons (Fsp3) is 0.360. The molecular formula is C25H28ClN7O2. The molecule has 35 heavy (non-hydrogen) atoms. The van der Waals surface area contributed by atoms with Gasteiger partial charge in [0.1, 0.15) is 35.7 Å². The molecule has 0 bridgehead atoms. The van der Waals surface area contributed by atoms with Crippen molar-refractivity contribution in [1.29, 1.82) is 5.26 Å². The molecule has 9 nitrogen and oxygen atoms in total. The molecule has 4 N–H and O–H groups in total. The summed E-state index contributed by atoms with van der Waals surface area (Å²) in [6, 6.07) is 7.19. The summed E-state index contributed by atoms with van der Waals surface area (Å²) in [4.78, 5) is 8.68. The second-order valence-corrected chi connectivity index (χ2v) is 9.28. The summed E-state index contributed by atoms with van der Waals surface area (Å²) < 4.78 is 7.97. The molecular weight excluding hydrogens is 466 g/mol. The number of hydrogen-bond donors (Lipinski definition) is 3. The summed E-state index contributed by atoms with van der Waals surface area (Å²) >= 11 is 6.64. The van der Waals surface area contributed by atoms with E-state index >= 15 is 0 Å². The first-order valence-corrected chi connectivity index (χ1v) is 11.7. The Morgan fingerprint density at radius 3 is 2.71 bits per heavy atom. The van der Waals surface area contributed by atoms with Crippen LogP contribution in [0.25, 0.3) is 11.1 Å². The molecule has 0 spiro atoms. The summed E-state index contributed by atoms with van der Waals surface area (Å²) in [5.74, 6) is 1.73. The van der Waals surface area contributed by atoms with Gasteiger partial charge in [-0.25, -0.2) is 9.67 Å². The maximum absolute atomic E-state index is 10.3. The van der Waals surface area contributed by atoms with Crippen molar-refractivity contribution in [3.05, 3.63) is 57.5 Å². The van der Waals surface area contributed by atoms with E-state index in [1.54, 1.807) is 32.2 Å². The van der Waals surface area contributed by atoms with Crippen LogP contribution in [-0.2, 0) is 5.60 Å². The van der Waals surface area contributed by atoms with Crippen LogP contribution in [-0.4, -0.2) is 39.0 Å². The number of fused-ring (bicyclic) bond motifs is 1. The quantitative estimate of drug-likeness (QED) is 0.470. The van der Waals surface area contributed by atoms with E-state index in [4.69, 9.17) is 27.2 Å². The van der Waals surface area contributed by atoms with Crippen LogP contribution in [0, 0.1) is 18.3 Å². The number of aryl methyl sites for hydroxylation is 1. The fourth-order valence-electron chi connectivity index (χ4n) is 4.26. The van der Waals surface area contributed by atoms with E-state index in [-0.39, 0.29) is 11.6 Å². The minimum absolute atomic E-state index is 0.289. The first-order valence-electron chi connectivity index (χ1n) is 11.3. The van der Waals surface area contributed by atoms with Gasteiger partial charge in [0.2, 0.25) is 0 Å². The number of benzene rings is 1. The molecule has 1 aromatic carbocycles. The Bertz CT molecular complexity index is 1350. The number of aliphatic imine (C=N–C) groups is 1. The molecule has 0 fully saturated rings. The first-order chi connectivity index (χ1) is 16.6. The van der Waals surface area contributed by atoms with Gasteiger partial charge in [-0.15, -0.1) is 0 Å². The summed E-state index contributed by atoms with van der Waals surface area (Å²) in [6.07, 6.45) is 1.62. The molecule has 182 valence electrons. The minimum atomic E-state index is -1.09. The summed E-state index contributed by atoms with van der Waals surface area (Å²) in [5.41, 5.74) is 9.32. The number of rotatable bonds is 6. The molecule has 0 saturated heterocycles. The molecule has 0 aliphatic carbocycles. The lowest BCUT2D eigenvalue weighted by Gasteiger charge is -2.24. The van der Waals surface area contributed by atoms with E-state index in [2.05, 4.69) is 21.4 Å². The summed E-state index contributed by atoms with van der Waals surface area (Å²) in [7, 11) is 0. The molecule has 10 heteroatoms. The molecule has 1 atom stereocenters. The van der Waals surface area contributed by atoms with Crippen LogP contribution in [0.2, 0.25) is 5.02 Å². The van der Waals surface area contributed by atoms with Gasteiger partial charge in [0.25, 0.3) is 0 Å². The molecule has 0 amide bonds. The van der Waals surface area contributed by atoms with Gasteiger partial charge in [-0.1, -0.05) is 17.7 Å². The number of anilines is 1. The standard InChI is InChI=1S/C25H28ClN7O2/c1-6-35-22-16(14(3)33-24-20(13(2)32-33)23(28)30-12-31-24)9-18(26)17(10-27)21(22)15-7-8-19(29-11-15)25(4,5)34/h7-9,11,14,31,34H,6,12H2,1-5H3,(H2,28,30). The predicted octanol–water partition coefficient (Wildman–Crippen LogP) is 4.10. The number of hydrogen-bond acceptors (Lipinski definition) is 8. The number of nitrogens with one attached hydrogen (secondary N) is 1. The van der Waals surface area contributed by atoms with E-state index in [0.29, 0.717) is 46.7 Å². The van der Waals surface area contributed by atoms with Crippen LogP contribution in [0.3, 0.4) is 0 Å². The maximum atomic E-state index is 10.3. The maximum Gasteiger partial charge on any atom is 0.137 e. The Labute approximate surface area is 209 Å². The Morgan fingerprint density at radius 2 is 2.11 bits per heavy atom. The number of ether oxygens (including phenoxy) is 1. The van der Waals surface area contributed by atoms with Crippen LogP contribution >= 0.6 is 11.6 Å². The smallest absolute Gasteiger partial charge is 0.137 e. The van der Waals surface area contributed by atoms with Crippen LogP contribution in [0.5, 0.6) is 5.75 Å². The molecule has 0 radical (unpaired) electrons. The zero-order valence-electron chi connectivity index (χ0n) is 20.3. The van der Waals surface area contributed by atoms with Gasteiger partial charge in [0.15, 0.2) is 0 Å². The average molecular weight is 494 g/mol. The Hall–Kier alpha value is -3.61. The van der Waals surface area contributed by atoms with Crippen molar-refractivity contribution in [2.24, 2.45) is 10.7 Å². The Kier molecular flexibility index (Phi) is 6.45. The first kappa shape index (κ1) is 24.5. The molecule has 0 saturated carbocycles. The summed E-state index contributed by atoms with van der Waals surface area (Å²) in [5, 5.41) is 28.6. The van der Waals surface area contributed by atoms with Crippen molar-refractivity contribution < 1.29 is 9.84 Å². The van der Waals surface area contributed by atoms with Crippen molar-refractivity contribution in [3.8, 4) is 22.9 Å². The lowest BCUT2D eigenvalue weighted by molar-refractivity contribution is 0.0739. The van der Waals surface area contributed by atoms with Gasteiger partial charge in [-0.2, -0.15) is 10.4 Å². The number of aromatic nitrogens is 3. The second kappa shape index (κ2) is 9.21. The summed E-state index contributed by atoms with van der Waals surface area (Å²) in [6.45, 7) is 9.81. The van der Waals surface area contributed by atoms with Crippen LogP contribution in [0.1, 0.15) is 61.8 Å². The third-order valence-electron chi connectivity index (χ3n) is 5.99. The molecule has 4 rings (SSSR count). The molecule has 1 aliphatic rings. The Balaban J connectivity index is 1.93. The Morgan fingerprint density at radius 1 is 1.37 bits per heavy atom. The van der Waals surface area contributed by atoms with E-state index in [1.807, 2.05) is 31.5 Å². The van der Waals surface area contributed by atoms with Crippen LogP contribution in [0.15, 0.2) is 29.4 Å². The monoisotopic (exact) mass is 493 g/mol.